The Balaban J connectivity index is 1.72. The molecule has 1 heterocycles. The largest absolute Gasteiger partial charge is 0.361 e. The molecule has 0 bridgehead atoms. The zero-order valence-corrected chi connectivity index (χ0v) is 13.7. The van der Waals surface area contributed by atoms with E-state index in [1.807, 2.05) is 48.7 Å². The lowest BCUT2D eigenvalue weighted by atomic mass is 9.99. The van der Waals surface area contributed by atoms with Crippen LogP contribution in [0.5, 0.6) is 0 Å². The van der Waals surface area contributed by atoms with Gasteiger partial charge < -0.3 is 10.3 Å². The average molecular weight is 338 g/mol. The number of H-pyrrole nitrogens is 1. The predicted octanol–water partition coefficient (Wildman–Crippen LogP) is 3.82. The van der Waals surface area contributed by atoms with Gasteiger partial charge in [-0.25, -0.2) is 0 Å². The minimum atomic E-state index is -0.760. The lowest BCUT2D eigenvalue weighted by Crippen LogP contribution is -2.30. The summed E-state index contributed by atoms with van der Waals surface area (Å²) < 4.78 is 0. The van der Waals surface area contributed by atoms with Crippen molar-refractivity contribution >= 4 is 28.4 Å². The van der Waals surface area contributed by atoms with Crippen LogP contribution < -0.4 is 5.32 Å². The SMILES string of the molecule is N#C[C@@H](Cc1c[nH]c2cccc(Cl)c12)C(=O)NCc1ccccc1. The second-order valence-electron chi connectivity index (χ2n) is 5.57. The summed E-state index contributed by atoms with van der Waals surface area (Å²) in [6.07, 6.45) is 2.13. The molecule has 120 valence electrons. The van der Waals surface area contributed by atoms with Gasteiger partial charge in [0.2, 0.25) is 5.91 Å². The normalized spacial score (nSPS) is 11.8. The zero-order chi connectivity index (χ0) is 16.9. The molecular formula is C19H16ClN3O. The number of nitriles is 1. The molecule has 1 aromatic heterocycles. The summed E-state index contributed by atoms with van der Waals surface area (Å²) in [5.41, 5.74) is 2.77. The van der Waals surface area contributed by atoms with Crippen LogP contribution in [0.1, 0.15) is 11.1 Å². The van der Waals surface area contributed by atoms with Gasteiger partial charge in [0.05, 0.1) is 11.1 Å². The van der Waals surface area contributed by atoms with Crippen molar-refractivity contribution < 1.29 is 4.79 Å². The summed E-state index contributed by atoms with van der Waals surface area (Å²) >= 11 is 6.25. The molecule has 1 amide bonds. The second-order valence-corrected chi connectivity index (χ2v) is 5.97. The van der Waals surface area contributed by atoms with E-state index in [0.717, 1.165) is 22.0 Å². The van der Waals surface area contributed by atoms with Gasteiger partial charge in [0, 0.05) is 23.6 Å². The van der Waals surface area contributed by atoms with E-state index >= 15 is 0 Å². The quantitative estimate of drug-likeness (QED) is 0.743. The van der Waals surface area contributed by atoms with Crippen molar-refractivity contribution in [2.75, 3.05) is 0 Å². The van der Waals surface area contributed by atoms with Crippen molar-refractivity contribution in [1.82, 2.24) is 10.3 Å². The van der Waals surface area contributed by atoms with Crippen LogP contribution in [0.15, 0.2) is 54.7 Å². The number of aromatic amines is 1. The van der Waals surface area contributed by atoms with Gasteiger partial charge in [0.1, 0.15) is 5.92 Å². The molecule has 3 aromatic rings. The Labute approximate surface area is 145 Å². The van der Waals surface area contributed by atoms with Crippen molar-refractivity contribution in [3.8, 4) is 6.07 Å². The third-order valence-corrected chi connectivity index (χ3v) is 4.26. The van der Waals surface area contributed by atoms with Crippen LogP contribution in [0.3, 0.4) is 0 Å². The van der Waals surface area contributed by atoms with Crippen molar-refractivity contribution in [1.29, 1.82) is 5.26 Å². The number of hydrogen-bond acceptors (Lipinski definition) is 2. The van der Waals surface area contributed by atoms with E-state index < -0.39 is 5.92 Å². The molecular weight excluding hydrogens is 322 g/mol. The first-order valence-corrected chi connectivity index (χ1v) is 8.02. The van der Waals surface area contributed by atoms with Crippen molar-refractivity contribution in [3.63, 3.8) is 0 Å². The van der Waals surface area contributed by atoms with Gasteiger partial charge in [-0.2, -0.15) is 5.26 Å². The minimum Gasteiger partial charge on any atom is -0.361 e. The van der Waals surface area contributed by atoms with Gasteiger partial charge in [-0.3, -0.25) is 4.79 Å². The van der Waals surface area contributed by atoms with Crippen LogP contribution in [0.4, 0.5) is 0 Å². The zero-order valence-electron chi connectivity index (χ0n) is 12.9. The average Bonchev–Trinajstić information content (AvgIpc) is 3.03. The van der Waals surface area contributed by atoms with Gasteiger partial charge in [-0.15, -0.1) is 0 Å². The van der Waals surface area contributed by atoms with E-state index in [9.17, 15) is 10.1 Å². The molecule has 4 nitrogen and oxygen atoms in total. The molecule has 3 rings (SSSR count). The molecule has 2 N–H and O–H groups in total. The number of carbonyl (C=O) groups is 1. The Kier molecular flexibility index (Phi) is 4.83. The summed E-state index contributed by atoms with van der Waals surface area (Å²) in [5.74, 6) is -1.04. The lowest BCUT2D eigenvalue weighted by Gasteiger charge is -2.10. The number of fused-ring (bicyclic) bond motifs is 1. The maximum atomic E-state index is 12.3. The van der Waals surface area contributed by atoms with E-state index in [-0.39, 0.29) is 5.91 Å². The number of aromatic nitrogens is 1. The first kappa shape index (κ1) is 16.1. The summed E-state index contributed by atoms with van der Waals surface area (Å²) in [4.78, 5) is 15.4. The van der Waals surface area contributed by atoms with Gasteiger partial charge in [-0.05, 0) is 29.7 Å². The van der Waals surface area contributed by atoms with E-state index in [1.165, 1.54) is 0 Å². The molecule has 0 unspecified atom stereocenters. The van der Waals surface area contributed by atoms with Gasteiger partial charge >= 0.3 is 0 Å². The summed E-state index contributed by atoms with van der Waals surface area (Å²) in [6.45, 7) is 0.409. The Morgan fingerprint density at radius 1 is 1.21 bits per heavy atom. The number of amides is 1. The molecule has 5 heteroatoms. The fourth-order valence-electron chi connectivity index (χ4n) is 2.69. The molecule has 1 atom stereocenters. The third kappa shape index (κ3) is 3.42. The predicted molar refractivity (Wildman–Crippen MR) is 94.4 cm³/mol. The van der Waals surface area contributed by atoms with E-state index in [1.54, 1.807) is 6.07 Å². The van der Waals surface area contributed by atoms with E-state index in [0.29, 0.717) is 18.0 Å². The fourth-order valence-corrected chi connectivity index (χ4v) is 2.99. The number of halogens is 1. The minimum absolute atomic E-state index is 0.275. The second kappa shape index (κ2) is 7.20. The standard InChI is InChI=1S/C19H16ClN3O/c20-16-7-4-8-17-18(16)15(12-22-17)9-14(10-21)19(24)23-11-13-5-2-1-3-6-13/h1-8,12,14,22H,9,11H2,(H,23,24)/t14-/m1/s1. The molecule has 0 fully saturated rings. The van der Waals surface area contributed by atoms with Gasteiger partial charge in [0.15, 0.2) is 0 Å². The highest BCUT2D eigenvalue weighted by Crippen LogP contribution is 2.28. The van der Waals surface area contributed by atoms with Crippen molar-refractivity contribution in [2.24, 2.45) is 5.92 Å². The van der Waals surface area contributed by atoms with Crippen molar-refractivity contribution in [2.45, 2.75) is 13.0 Å². The number of nitrogens with one attached hydrogen (secondary N) is 2. The lowest BCUT2D eigenvalue weighted by molar-refractivity contribution is -0.123. The van der Waals surface area contributed by atoms with Gasteiger partial charge in [0.25, 0.3) is 0 Å². The molecule has 0 aliphatic heterocycles. The van der Waals surface area contributed by atoms with Crippen LogP contribution in [-0.4, -0.2) is 10.9 Å². The van der Waals surface area contributed by atoms with E-state index in [2.05, 4.69) is 16.4 Å². The Bertz CT molecular complexity index is 896. The fraction of sp³-hybridized carbons (Fsp3) is 0.158. The number of nitrogens with zero attached hydrogens (tertiary/aromatic N) is 1. The molecule has 2 aromatic carbocycles. The third-order valence-electron chi connectivity index (χ3n) is 3.94. The molecule has 24 heavy (non-hydrogen) atoms. The number of rotatable bonds is 5. The Morgan fingerprint density at radius 2 is 2.00 bits per heavy atom. The number of benzene rings is 2. The highest BCUT2D eigenvalue weighted by molar-refractivity contribution is 6.35. The molecule has 0 aliphatic carbocycles. The van der Waals surface area contributed by atoms with Crippen LogP contribution in [0.25, 0.3) is 10.9 Å². The first-order valence-electron chi connectivity index (χ1n) is 7.65. The topological polar surface area (TPSA) is 68.7 Å². The number of hydrogen-bond donors (Lipinski definition) is 2. The summed E-state index contributed by atoms with van der Waals surface area (Å²) in [7, 11) is 0. The maximum absolute atomic E-state index is 12.3. The molecule has 0 saturated carbocycles. The monoisotopic (exact) mass is 337 g/mol. The molecule has 0 radical (unpaired) electrons. The molecule has 0 spiro atoms. The van der Waals surface area contributed by atoms with Crippen LogP contribution in [0.2, 0.25) is 5.02 Å². The van der Waals surface area contributed by atoms with Crippen molar-refractivity contribution in [3.05, 3.63) is 70.9 Å². The Morgan fingerprint density at radius 3 is 2.75 bits per heavy atom. The highest BCUT2D eigenvalue weighted by atomic mass is 35.5. The van der Waals surface area contributed by atoms with Crippen LogP contribution >= 0.6 is 11.6 Å². The summed E-state index contributed by atoms with van der Waals surface area (Å²) in [5, 5.41) is 13.7. The highest BCUT2D eigenvalue weighted by Gasteiger charge is 2.20. The smallest absolute Gasteiger partial charge is 0.237 e. The van der Waals surface area contributed by atoms with Crippen LogP contribution in [0, 0.1) is 17.2 Å². The molecule has 0 aliphatic rings. The maximum Gasteiger partial charge on any atom is 0.237 e. The summed E-state index contributed by atoms with van der Waals surface area (Å²) in [6, 6.07) is 17.3. The molecule has 0 saturated heterocycles. The van der Waals surface area contributed by atoms with Crippen LogP contribution in [-0.2, 0) is 17.8 Å². The number of carbonyl (C=O) groups excluding carboxylic acids is 1. The van der Waals surface area contributed by atoms with E-state index in [4.69, 9.17) is 11.6 Å². The van der Waals surface area contributed by atoms with Gasteiger partial charge in [-0.1, -0.05) is 48.0 Å². The first-order chi connectivity index (χ1) is 11.7. The Hall–Kier alpha value is -2.77.